The topological polar surface area (TPSA) is 26.3 Å². The number of ether oxygens (including phenoxy) is 1. The highest BCUT2D eigenvalue weighted by molar-refractivity contribution is 5.86. The third-order valence-corrected chi connectivity index (χ3v) is 0.566. The van der Waals surface area contributed by atoms with Crippen molar-refractivity contribution in [3.63, 3.8) is 0 Å². The van der Waals surface area contributed by atoms with E-state index in [9.17, 15) is 4.79 Å². The SMILES string of the molecule is CCO/C=C\C(C)=O. The van der Waals surface area contributed by atoms with Crippen LogP contribution < -0.4 is 0 Å². The summed E-state index contributed by atoms with van der Waals surface area (Å²) in [4.78, 5) is 10.2. The summed E-state index contributed by atoms with van der Waals surface area (Å²) in [7, 11) is 0. The van der Waals surface area contributed by atoms with Crippen molar-refractivity contribution in [3.05, 3.63) is 12.3 Å². The summed E-state index contributed by atoms with van der Waals surface area (Å²) < 4.78 is 4.74. The molecule has 0 radical (unpaired) electrons. The summed E-state index contributed by atoms with van der Waals surface area (Å²) in [5, 5.41) is 0. The van der Waals surface area contributed by atoms with Gasteiger partial charge in [0.05, 0.1) is 12.9 Å². The zero-order valence-electron chi connectivity index (χ0n) is 5.18. The van der Waals surface area contributed by atoms with Crippen LogP contribution in [0.3, 0.4) is 0 Å². The van der Waals surface area contributed by atoms with E-state index in [4.69, 9.17) is 4.74 Å². The van der Waals surface area contributed by atoms with Gasteiger partial charge in [-0.1, -0.05) is 0 Å². The van der Waals surface area contributed by atoms with Crippen LogP contribution in [0.1, 0.15) is 13.8 Å². The van der Waals surface area contributed by atoms with Gasteiger partial charge in [0.1, 0.15) is 0 Å². The van der Waals surface area contributed by atoms with Crippen molar-refractivity contribution >= 4 is 5.78 Å². The predicted molar refractivity (Wildman–Crippen MR) is 31.4 cm³/mol. The fourth-order valence-corrected chi connectivity index (χ4v) is 0.240. The number of carbonyl (C=O) groups excluding carboxylic acids is 1. The minimum atomic E-state index is 0.0125. The molecule has 2 heteroatoms. The van der Waals surface area contributed by atoms with Crippen molar-refractivity contribution in [2.75, 3.05) is 6.61 Å². The van der Waals surface area contributed by atoms with E-state index in [0.717, 1.165) is 0 Å². The molecular formula is C6H10O2. The van der Waals surface area contributed by atoms with E-state index >= 15 is 0 Å². The minimum absolute atomic E-state index is 0.0125. The van der Waals surface area contributed by atoms with Crippen molar-refractivity contribution in [3.8, 4) is 0 Å². The van der Waals surface area contributed by atoms with Gasteiger partial charge in [-0.05, 0) is 13.8 Å². The van der Waals surface area contributed by atoms with Gasteiger partial charge in [0.15, 0.2) is 5.78 Å². The molecule has 0 spiro atoms. The van der Waals surface area contributed by atoms with Crippen LogP contribution in [0.15, 0.2) is 12.3 Å². The van der Waals surface area contributed by atoms with Gasteiger partial charge in [-0.25, -0.2) is 0 Å². The predicted octanol–water partition coefficient (Wildman–Crippen LogP) is 1.13. The molecule has 2 nitrogen and oxygen atoms in total. The lowest BCUT2D eigenvalue weighted by Crippen LogP contribution is -1.82. The lowest BCUT2D eigenvalue weighted by atomic mass is 10.4. The standard InChI is InChI=1S/C6H10O2/c1-3-8-5-4-6(2)7/h4-5H,3H2,1-2H3/b5-4-. The molecule has 0 aromatic heterocycles. The zero-order chi connectivity index (χ0) is 6.41. The molecule has 0 rings (SSSR count). The molecular weight excluding hydrogens is 104 g/mol. The van der Waals surface area contributed by atoms with Gasteiger partial charge in [-0.3, -0.25) is 4.79 Å². The Labute approximate surface area is 49.1 Å². The molecule has 0 N–H and O–H groups in total. The summed E-state index contributed by atoms with van der Waals surface area (Å²) >= 11 is 0. The van der Waals surface area contributed by atoms with Gasteiger partial charge in [0.2, 0.25) is 0 Å². The molecule has 0 aromatic rings. The first-order valence-corrected chi connectivity index (χ1v) is 2.56. The molecule has 8 heavy (non-hydrogen) atoms. The first-order chi connectivity index (χ1) is 3.77. The molecule has 0 fully saturated rings. The van der Waals surface area contributed by atoms with E-state index < -0.39 is 0 Å². The number of carbonyl (C=O) groups is 1. The first kappa shape index (κ1) is 7.21. The summed E-state index contributed by atoms with van der Waals surface area (Å²) in [5.41, 5.74) is 0. The van der Waals surface area contributed by atoms with Crippen molar-refractivity contribution in [2.45, 2.75) is 13.8 Å². The van der Waals surface area contributed by atoms with Crippen LogP contribution in [0, 0.1) is 0 Å². The van der Waals surface area contributed by atoms with Crippen LogP contribution in [0.5, 0.6) is 0 Å². The van der Waals surface area contributed by atoms with E-state index in [-0.39, 0.29) is 5.78 Å². The second-order valence-electron chi connectivity index (χ2n) is 1.37. The van der Waals surface area contributed by atoms with Gasteiger partial charge in [-0.15, -0.1) is 0 Å². The van der Waals surface area contributed by atoms with E-state index in [1.165, 1.54) is 19.3 Å². The second-order valence-corrected chi connectivity index (χ2v) is 1.37. The Balaban J connectivity index is 3.20. The highest BCUT2D eigenvalue weighted by Crippen LogP contribution is 1.76. The van der Waals surface area contributed by atoms with Crippen LogP contribution in [-0.4, -0.2) is 12.4 Å². The van der Waals surface area contributed by atoms with E-state index in [1.807, 2.05) is 6.92 Å². The lowest BCUT2D eigenvalue weighted by molar-refractivity contribution is -0.112. The van der Waals surface area contributed by atoms with Gasteiger partial charge in [0.25, 0.3) is 0 Å². The molecule has 0 aliphatic carbocycles. The van der Waals surface area contributed by atoms with E-state index in [0.29, 0.717) is 6.61 Å². The van der Waals surface area contributed by atoms with Crippen LogP contribution in [0.2, 0.25) is 0 Å². The first-order valence-electron chi connectivity index (χ1n) is 2.56. The third-order valence-electron chi connectivity index (χ3n) is 0.566. The van der Waals surface area contributed by atoms with Crippen molar-refractivity contribution in [1.29, 1.82) is 0 Å². The average molecular weight is 114 g/mol. The summed E-state index contributed by atoms with van der Waals surface area (Å²) in [6.07, 6.45) is 2.80. The number of hydrogen-bond donors (Lipinski definition) is 0. The molecule has 0 bridgehead atoms. The van der Waals surface area contributed by atoms with Gasteiger partial charge in [0, 0.05) is 6.08 Å². The third kappa shape index (κ3) is 5.21. The van der Waals surface area contributed by atoms with Crippen LogP contribution in [0.25, 0.3) is 0 Å². The molecule has 0 aliphatic heterocycles. The molecule has 0 saturated carbocycles. The molecule has 0 aliphatic rings. The zero-order valence-corrected chi connectivity index (χ0v) is 5.18. The maximum Gasteiger partial charge on any atom is 0.155 e. The van der Waals surface area contributed by atoms with Crippen LogP contribution in [-0.2, 0) is 9.53 Å². The normalized spacial score (nSPS) is 9.75. The maximum absolute atomic E-state index is 10.2. The highest BCUT2D eigenvalue weighted by Gasteiger charge is 1.77. The lowest BCUT2D eigenvalue weighted by Gasteiger charge is -1.88. The number of ketones is 1. The largest absolute Gasteiger partial charge is 0.501 e. The van der Waals surface area contributed by atoms with E-state index in [2.05, 4.69) is 0 Å². The second kappa shape index (κ2) is 4.37. The average Bonchev–Trinajstić information content (AvgIpc) is 1.66. The summed E-state index contributed by atoms with van der Waals surface area (Å²) in [6.45, 7) is 3.96. The maximum atomic E-state index is 10.2. The monoisotopic (exact) mass is 114 g/mol. The molecule has 0 saturated heterocycles. The molecule has 0 atom stereocenters. The summed E-state index contributed by atoms with van der Waals surface area (Å²) in [5.74, 6) is 0.0125. The molecule has 0 heterocycles. The van der Waals surface area contributed by atoms with Crippen molar-refractivity contribution in [1.82, 2.24) is 0 Å². The van der Waals surface area contributed by atoms with E-state index in [1.54, 1.807) is 0 Å². The number of allylic oxidation sites excluding steroid dienone is 1. The Morgan fingerprint density at radius 2 is 2.38 bits per heavy atom. The Kier molecular flexibility index (Phi) is 3.94. The Hall–Kier alpha value is -0.790. The van der Waals surface area contributed by atoms with Crippen molar-refractivity contribution in [2.24, 2.45) is 0 Å². The smallest absolute Gasteiger partial charge is 0.155 e. The van der Waals surface area contributed by atoms with Crippen LogP contribution in [0.4, 0.5) is 0 Å². The van der Waals surface area contributed by atoms with Crippen LogP contribution >= 0.6 is 0 Å². The summed E-state index contributed by atoms with van der Waals surface area (Å²) in [6, 6.07) is 0. The number of rotatable bonds is 3. The Bertz CT molecular complexity index is 94.7. The molecule has 0 unspecified atom stereocenters. The molecule has 46 valence electrons. The van der Waals surface area contributed by atoms with Gasteiger partial charge >= 0.3 is 0 Å². The molecule has 0 amide bonds. The minimum Gasteiger partial charge on any atom is -0.501 e. The fourth-order valence-electron chi connectivity index (χ4n) is 0.240. The number of hydrogen-bond acceptors (Lipinski definition) is 2. The fraction of sp³-hybridized carbons (Fsp3) is 0.500. The Morgan fingerprint density at radius 1 is 1.75 bits per heavy atom. The molecule has 0 aromatic carbocycles. The Morgan fingerprint density at radius 3 is 2.75 bits per heavy atom. The highest BCUT2D eigenvalue weighted by atomic mass is 16.5. The van der Waals surface area contributed by atoms with Crippen molar-refractivity contribution < 1.29 is 9.53 Å². The van der Waals surface area contributed by atoms with Gasteiger partial charge < -0.3 is 4.74 Å². The van der Waals surface area contributed by atoms with Gasteiger partial charge in [-0.2, -0.15) is 0 Å². The quantitative estimate of drug-likeness (QED) is 0.406.